The van der Waals surface area contributed by atoms with Crippen LogP contribution in [0, 0.1) is 5.92 Å². The summed E-state index contributed by atoms with van der Waals surface area (Å²) in [5, 5.41) is 21.4. The Balaban J connectivity index is 2.67. The molecule has 0 aliphatic heterocycles. The average molecular weight is 271 g/mol. The zero-order valence-electron chi connectivity index (χ0n) is 12.0. The number of rotatable bonds is 3. The monoisotopic (exact) mass is 271 g/mol. The van der Waals surface area contributed by atoms with Gasteiger partial charge in [-0.1, -0.05) is 19.3 Å². The lowest BCUT2D eigenvalue weighted by Crippen LogP contribution is -2.44. The van der Waals surface area contributed by atoms with Gasteiger partial charge in [-0.15, -0.1) is 0 Å². The van der Waals surface area contributed by atoms with Crippen molar-refractivity contribution in [2.24, 2.45) is 5.92 Å². The second-order valence-corrected chi connectivity index (χ2v) is 6.08. The Labute approximate surface area is 114 Å². The van der Waals surface area contributed by atoms with E-state index < -0.39 is 17.7 Å². The van der Waals surface area contributed by atoms with Gasteiger partial charge in [0, 0.05) is 0 Å². The smallest absolute Gasteiger partial charge is 0.408 e. The van der Waals surface area contributed by atoms with Crippen LogP contribution in [0.2, 0.25) is 0 Å². The summed E-state index contributed by atoms with van der Waals surface area (Å²) in [6.45, 7) is 5.35. The molecule has 0 aromatic carbocycles. The topological polar surface area (TPSA) is 78.8 Å². The van der Waals surface area contributed by atoms with Crippen LogP contribution in [0.4, 0.5) is 4.79 Å². The summed E-state index contributed by atoms with van der Waals surface area (Å²) >= 11 is 0. The highest BCUT2D eigenvalue weighted by Gasteiger charge is 2.30. The number of hydrogen-bond donors (Lipinski definition) is 3. The van der Waals surface area contributed by atoms with E-state index in [1.165, 1.54) is 6.42 Å². The first-order chi connectivity index (χ1) is 8.83. The van der Waals surface area contributed by atoms with Gasteiger partial charge < -0.3 is 20.3 Å². The summed E-state index contributed by atoms with van der Waals surface area (Å²) in [7, 11) is 0. The van der Waals surface area contributed by atoms with E-state index in [1.807, 2.05) is 0 Å². The maximum atomic E-state index is 11.8. The van der Waals surface area contributed by atoms with Gasteiger partial charge in [-0.05, 0) is 39.5 Å². The Bertz CT molecular complexity index is 327. The molecule has 110 valence electrons. The van der Waals surface area contributed by atoms with Crippen molar-refractivity contribution >= 4 is 6.09 Å². The fourth-order valence-electron chi connectivity index (χ4n) is 2.42. The molecule has 1 fully saturated rings. The van der Waals surface area contributed by atoms with E-state index in [0.29, 0.717) is 6.26 Å². The molecule has 0 aromatic rings. The van der Waals surface area contributed by atoms with Crippen LogP contribution in [0.5, 0.6) is 0 Å². The summed E-state index contributed by atoms with van der Waals surface area (Å²) in [4.78, 5) is 11.8. The van der Waals surface area contributed by atoms with Gasteiger partial charge in [-0.25, -0.2) is 4.79 Å². The summed E-state index contributed by atoms with van der Waals surface area (Å²) in [6.07, 6.45) is 5.27. The first kappa shape index (κ1) is 15.7. The van der Waals surface area contributed by atoms with Gasteiger partial charge in [0.05, 0.1) is 6.04 Å². The fourth-order valence-corrected chi connectivity index (χ4v) is 2.42. The van der Waals surface area contributed by atoms with Crippen molar-refractivity contribution in [3.8, 4) is 0 Å². The molecular formula is C14H25NO4. The van der Waals surface area contributed by atoms with Crippen molar-refractivity contribution in [3.63, 3.8) is 0 Å². The van der Waals surface area contributed by atoms with Crippen molar-refractivity contribution in [2.75, 3.05) is 0 Å². The zero-order chi connectivity index (χ0) is 14.5. The van der Waals surface area contributed by atoms with Crippen LogP contribution in [0.15, 0.2) is 12.0 Å². The molecule has 1 aliphatic rings. The SMILES string of the molecule is CC(C)(C)OC(=O)N[C@H](/C(O)=C\O)C1CCCCC1. The molecule has 0 saturated heterocycles. The van der Waals surface area contributed by atoms with Crippen molar-refractivity contribution in [1.82, 2.24) is 5.32 Å². The zero-order valence-corrected chi connectivity index (χ0v) is 12.0. The lowest BCUT2D eigenvalue weighted by atomic mass is 9.83. The van der Waals surface area contributed by atoms with Crippen LogP contribution in [0.25, 0.3) is 0 Å². The lowest BCUT2D eigenvalue weighted by molar-refractivity contribution is 0.0471. The Kier molecular flexibility index (Phi) is 5.51. The van der Waals surface area contributed by atoms with Gasteiger partial charge in [0.15, 0.2) is 0 Å². The third-order valence-electron chi connectivity index (χ3n) is 3.24. The average Bonchev–Trinajstić information content (AvgIpc) is 2.34. The third-order valence-corrected chi connectivity index (χ3v) is 3.24. The van der Waals surface area contributed by atoms with Gasteiger partial charge in [0.25, 0.3) is 0 Å². The number of aliphatic hydroxyl groups excluding tert-OH is 2. The predicted octanol–water partition coefficient (Wildman–Crippen LogP) is 3.42. The largest absolute Gasteiger partial charge is 0.512 e. The van der Waals surface area contributed by atoms with Crippen LogP contribution < -0.4 is 5.32 Å². The van der Waals surface area contributed by atoms with Crippen molar-refractivity contribution in [1.29, 1.82) is 0 Å². The van der Waals surface area contributed by atoms with Crippen LogP contribution in [0.1, 0.15) is 52.9 Å². The highest BCUT2D eigenvalue weighted by Crippen LogP contribution is 2.29. The Morgan fingerprint density at radius 3 is 2.37 bits per heavy atom. The molecule has 1 rings (SSSR count). The van der Waals surface area contributed by atoms with E-state index in [0.717, 1.165) is 25.7 Å². The molecule has 0 unspecified atom stereocenters. The molecule has 1 amide bonds. The molecular weight excluding hydrogens is 246 g/mol. The van der Waals surface area contributed by atoms with E-state index in [2.05, 4.69) is 5.32 Å². The molecule has 3 N–H and O–H groups in total. The maximum absolute atomic E-state index is 11.8. The Morgan fingerprint density at radius 2 is 1.89 bits per heavy atom. The number of carbonyl (C=O) groups excluding carboxylic acids is 1. The molecule has 0 radical (unpaired) electrons. The number of ether oxygens (including phenoxy) is 1. The normalized spacial score (nSPS) is 19.8. The molecule has 0 heterocycles. The first-order valence-electron chi connectivity index (χ1n) is 6.86. The molecule has 5 nitrogen and oxygen atoms in total. The van der Waals surface area contributed by atoms with Gasteiger partial charge >= 0.3 is 6.09 Å². The summed E-state index contributed by atoms with van der Waals surface area (Å²) in [5.74, 6) is -0.0672. The van der Waals surface area contributed by atoms with E-state index in [4.69, 9.17) is 9.84 Å². The molecule has 5 heteroatoms. The second-order valence-electron chi connectivity index (χ2n) is 6.08. The third kappa shape index (κ3) is 5.41. The number of amides is 1. The van der Waals surface area contributed by atoms with Crippen LogP contribution >= 0.6 is 0 Å². The second kappa shape index (κ2) is 6.68. The van der Waals surface area contributed by atoms with Crippen LogP contribution in [-0.2, 0) is 4.74 Å². The summed E-state index contributed by atoms with van der Waals surface area (Å²) < 4.78 is 5.18. The molecule has 1 saturated carbocycles. The quantitative estimate of drug-likeness (QED) is 0.687. The molecule has 19 heavy (non-hydrogen) atoms. The van der Waals surface area contributed by atoms with Crippen molar-refractivity contribution < 1.29 is 19.7 Å². The van der Waals surface area contributed by atoms with Gasteiger partial charge in [-0.2, -0.15) is 0 Å². The van der Waals surface area contributed by atoms with Gasteiger partial charge in [-0.3, -0.25) is 0 Å². The molecule has 1 atom stereocenters. The first-order valence-corrected chi connectivity index (χ1v) is 6.86. The minimum Gasteiger partial charge on any atom is -0.512 e. The Hall–Kier alpha value is -1.39. The summed E-state index contributed by atoms with van der Waals surface area (Å²) in [6, 6.07) is -0.569. The van der Waals surface area contributed by atoms with Crippen molar-refractivity contribution in [2.45, 2.75) is 64.5 Å². The highest BCUT2D eigenvalue weighted by molar-refractivity contribution is 5.68. The van der Waals surface area contributed by atoms with Gasteiger partial charge in [0.2, 0.25) is 0 Å². The van der Waals surface area contributed by atoms with E-state index in [-0.39, 0.29) is 11.7 Å². The molecule has 0 bridgehead atoms. The number of aliphatic hydroxyl groups is 2. The maximum Gasteiger partial charge on any atom is 0.408 e. The summed E-state index contributed by atoms with van der Waals surface area (Å²) in [5.41, 5.74) is -0.584. The van der Waals surface area contributed by atoms with E-state index in [9.17, 15) is 9.90 Å². The molecule has 1 aliphatic carbocycles. The predicted molar refractivity (Wildman–Crippen MR) is 73.1 cm³/mol. The number of hydrogen-bond acceptors (Lipinski definition) is 4. The highest BCUT2D eigenvalue weighted by atomic mass is 16.6. The number of nitrogens with one attached hydrogen (secondary N) is 1. The molecule has 0 spiro atoms. The lowest BCUT2D eigenvalue weighted by Gasteiger charge is -2.31. The van der Waals surface area contributed by atoms with Crippen LogP contribution in [0.3, 0.4) is 0 Å². The van der Waals surface area contributed by atoms with Crippen molar-refractivity contribution in [3.05, 3.63) is 12.0 Å². The number of carbonyl (C=O) groups is 1. The molecule has 0 aromatic heterocycles. The van der Waals surface area contributed by atoms with Crippen LogP contribution in [-0.4, -0.2) is 27.9 Å². The fraction of sp³-hybridized carbons (Fsp3) is 0.786. The Morgan fingerprint density at radius 1 is 1.32 bits per heavy atom. The van der Waals surface area contributed by atoms with E-state index >= 15 is 0 Å². The minimum absolute atomic E-state index is 0.143. The van der Waals surface area contributed by atoms with Gasteiger partial charge in [0.1, 0.15) is 17.6 Å². The van der Waals surface area contributed by atoms with E-state index in [1.54, 1.807) is 20.8 Å². The number of alkyl carbamates (subject to hydrolysis) is 1. The minimum atomic E-state index is -0.584. The standard InChI is InChI=1S/C14H25NO4/c1-14(2,3)19-13(18)15-12(11(17)9-16)10-7-5-4-6-8-10/h9-10,12,16-17H,4-8H2,1-3H3,(H,15,18)/b11-9+/t12-/m0/s1.